The monoisotopic (exact) mass is 443 g/mol. The Balaban J connectivity index is 1.55. The minimum Gasteiger partial charge on any atom is -0.543 e. The average Bonchev–Trinajstić information content (AvgIpc) is 2.96. The Hall–Kier alpha value is -0.843. The number of hydrogen-bond donors (Lipinski definition) is 2. The van der Waals surface area contributed by atoms with Gasteiger partial charge in [0.2, 0.25) is 8.32 Å². The van der Waals surface area contributed by atoms with Gasteiger partial charge in [0, 0.05) is 0 Å². The third-order valence-electron chi connectivity index (χ3n) is 9.99. The molecule has 0 amide bonds. The molecule has 0 spiro atoms. The van der Waals surface area contributed by atoms with Crippen LogP contribution in [-0.4, -0.2) is 25.6 Å². The molecular weight excluding hydrogens is 398 g/mol. The van der Waals surface area contributed by atoms with Crippen LogP contribution in [0.2, 0.25) is 18.1 Å². The molecule has 0 bridgehead atoms. The Morgan fingerprint density at radius 1 is 1.16 bits per heavy atom. The van der Waals surface area contributed by atoms with Crippen LogP contribution in [0, 0.1) is 17.3 Å². The minimum absolute atomic E-state index is 0.0617. The average molecular weight is 444 g/mol. The van der Waals surface area contributed by atoms with Gasteiger partial charge in [-0.15, -0.1) is 0 Å². The van der Waals surface area contributed by atoms with Crippen molar-refractivity contribution in [2.24, 2.45) is 23.0 Å². The summed E-state index contributed by atoms with van der Waals surface area (Å²) < 4.78 is 6.61. The number of benzene rings is 1. The van der Waals surface area contributed by atoms with E-state index in [4.69, 9.17) is 10.2 Å². The molecule has 1 aromatic carbocycles. The van der Waals surface area contributed by atoms with Crippen LogP contribution in [0.25, 0.3) is 0 Å². The first-order chi connectivity index (χ1) is 14.4. The van der Waals surface area contributed by atoms with Crippen LogP contribution in [0.4, 0.5) is 0 Å². The van der Waals surface area contributed by atoms with Crippen LogP contribution >= 0.6 is 0 Å². The lowest BCUT2D eigenvalue weighted by atomic mass is 9.53. The molecule has 3 N–H and O–H groups in total. The second-order valence-corrected chi connectivity index (χ2v) is 17.3. The van der Waals surface area contributed by atoms with Crippen molar-refractivity contribution in [3.8, 4) is 5.75 Å². The van der Waals surface area contributed by atoms with E-state index in [1.165, 1.54) is 24.8 Å². The Morgan fingerprint density at radius 2 is 1.90 bits per heavy atom. The van der Waals surface area contributed by atoms with Crippen molar-refractivity contribution in [1.29, 1.82) is 0 Å². The lowest BCUT2D eigenvalue weighted by Crippen LogP contribution is -2.51. The molecule has 2 saturated carbocycles. The number of aliphatic hydroxyl groups is 1. The van der Waals surface area contributed by atoms with Crippen LogP contribution in [0.3, 0.4) is 0 Å². The molecule has 3 aliphatic carbocycles. The molecule has 31 heavy (non-hydrogen) atoms. The standard InChI is InChI=1S/C27H45NO2Si/c1-25(2,3)31(5,6)30-20-9-11-21-19(18-20)8-10-23-22(21)12-15-26(4)24(23)13-16-27(26,29)14-7-17-28/h9,11,18,22-24,29H,7-8,10,12-17,28H2,1-6H3/t22-,23-,24+,26+,27+/m1/s1. The third kappa shape index (κ3) is 3.81. The molecule has 0 radical (unpaired) electrons. The van der Waals surface area contributed by atoms with Gasteiger partial charge in [0.05, 0.1) is 5.60 Å². The summed E-state index contributed by atoms with van der Waals surface area (Å²) in [5.41, 5.74) is 8.42. The maximum atomic E-state index is 11.6. The molecule has 0 saturated heterocycles. The fourth-order valence-corrected chi connectivity index (χ4v) is 8.01. The summed E-state index contributed by atoms with van der Waals surface area (Å²) in [6.45, 7) is 14.6. The van der Waals surface area contributed by atoms with Gasteiger partial charge in [-0.25, -0.2) is 0 Å². The highest BCUT2D eigenvalue weighted by molar-refractivity contribution is 6.74. The maximum absolute atomic E-state index is 11.6. The highest BCUT2D eigenvalue weighted by Crippen LogP contribution is 2.65. The van der Waals surface area contributed by atoms with E-state index < -0.39 is 13.9 Å². The van der Waals surface area contributed by atoms with Crippen LogP contribution in [0.1, 0.15) is 89.7 Å². The van der Waals surface area contributed by atoms with Crippen molar-refractivity contribution in [1.82, 2.24) is 0 Å². The summed E-state index contributed by atoms with van der Waals surface area (Å²) in [5, 5.41) is 11.8. The summed E-state index contributed by atoms with van der Waals surface area (Å²) >= 11 is 0. The highest BCUT2D eigenvalue weighted by atomic mass is 28.4. The Labute approximate surface area is 191 Å². The summed E-state index contributed by atoms with van der Waals surface area (Å²) in [7, 11) is -1.82. The Bertz CT molecular complexity index is 816. The van der Waals surface area contributed by atoms with E-state index >= 15 is 0 Å². The van der Waals surface area contributed by atoms with Crippen molar-refractivity contribution >= 4 is 8.32 Å². The van der Waals surface area contributed by atoms with Gasteiger partial charge in [0.15, 0.2) is 0 Å². The van der Waals surface area contributed by atoms with E-state index in [-0.39, 0.29) is 10.5 Å². The second-order valence-electron chi connectivity index (χ2n) is 12.6. The lowest BCUT2D eigenvalue weighted by Gasteiger charge is -2.53. The van der Waals surface area contributed by atoms with Gasteiger partial charge in [-0.05, 0) is 122 Å². The molecule has 0 aliphatic heterocycles. The maximum Gasteiger partial charge on any atom is 0.250 e. The van der Waals surface area contributed by atoms with Crippen molar-refractivity contribution in [2.45, 2.75) is 109 Å². The summed E-state index contributed by atoms with van der Waals surface area (Å²) in [6.07, 6.45) is 8.71. The zero-order valence-electron chi connectivity index (χ0n) is 20.8. The first-order valence-electron chi connectivity index (χ1n) is 12.7. The molecule has 3 nitrogen and oxygen atoms in total. The molecule has 1 aromatic rings. The Morgan fingerprint density at radius 3 is 2.58 bits per heavy atom. The van der Waals surface area contributed by atoms with Gasteiger partial charge < -0.3 is 15.3 Å². The number of aryl methyl sites for hydroxylation is 1. The summed E-state index contributed by atoms with van der Waals surface area (Å²) in [4.78, 5) is 0. The second kappa shape index (κ2) is 7.88. The molecule has 3 aliphatic rings. The molecule has 0 unspecified atom stereocenters. The molecule has 0 aromatic heterocycles. The number of nitrogens with two attached hydrogens (primary N) is 1. The zero-order chi connectivity index (χ0) is 22.7. The van der Waals surface area contributed by atoms with Gasteiger partial charge in [-0.1, -0.05) is 33.8 Å². The smallest absolute Gasteiger partial charge is 0.250 e. The predicted molar refractivity (Wildman–Crippen MR) is 132 cm³/mol. The molecule has 0 heterocycles. The molecule has 5 atom stereocenters. The molecular formula is C27H45NO2Si. The molecule has 4 heteroatoms. The molecule has 4 rings (SSSR count). The van der Waals surface area contributed by atoms with Crippen molar-refractivity contribution in [3.05, 3.63) is 29.3 Å². The SMILES string of the molecule is CC(C)(C)[Si](C)(C)Oc1ccc2c(c1)CC[C@@H]1[C@@H]2CC[C@@]2(C)[C@H]1CC[C@@]2(O)CCCN. The summed E-state index contributed by atoms with van der Waals surface area (Å²) in [6, 6.07) is 6.97. The van der Waals surface area contributed by atoms with Gasteiger partial charge in [-0.3, -0.25) is 0 Å². The van der Waals surface area contributed by atoms with E-state index in [0.29, 0.717) is 24.3 Å². The van der Waals surface area contributed by atoms with E-state index in [2.05, 4.69) is 59.0 Å². The van der Waals surface area contributed by atoms with Crippen LogP contribution in [-0.2, 0) is 6.42 Å². The molecule has 174 valence electrons. The fourth-order valence-electron chi connectivity index (χ4n) is 6.99. The van der Waals surface area contributed by atoms with Crippen molar-refractivity contribution in [3.63, 3.8) is 0 Å². The first kappa shape index (κ1) is 23.3. The van der Waals surface area contributed by atoms with Crippen molar-refractivity contribution in [2.75, 3.05) is 6.54 Å². The quantitative estimate of drug-likeness (QED) is 0.518. The van der Waals surface area contributed by atoms with Crippen molar-refractivity contribution < 1.29 is 9.53 Å². The largest absolute Gasteiger partial charge is 0.543 e. The fraction of sp³-hybridized carbons (Fsp3) is 0.778. The topological polar surface area (TPSA) is 55.5 Å². The predicted octanol–water partition coefficient (Wildman–Crippen LogP) is 6.40. The van der Waals surface area contributed by atoms with E-state index in [1.807, 2.05) is 0 Å². The van der Waals surface area contributed by atoms with E-state index in [1.54, 1.807) is 5.56 Å². The van der Waals surface area contributed by atoms with Crippen LogP contribution in [0.5, 0.6) is 5.75 Å². The lowest BCUT2D eigenvalue weighted by molar-refractivity contribution is -0.107. The third-order valence-corrected chi connectivity index (χ3v) is 14.4. The van der Waals surface area contributed by atoms with Gasteiger partial charge in [0.25, 0.3) is 0 Å². The van der Waals surface area contributed by atoms with Crippen LogP contribution in [0.15, 0.2) is 18.2 Å². The number of fused-ring (bicyclic) bond motifs is 5. The van der Waals surface area contributed by atoms with Crippen LogP contribution < -0.4 is 10.2 Å². The van der Waals surface area contributed by atoms with Gasteiger partial charge in [0.1, 0.15) is 5.75 Å². The number of rotatable bonds is 5. The number of hydrogen-bond acceptors (Lipinski definition) is 3. The normalized spacial score (nSPS) is 35.3. The molecule has 2 fully saturated rings. The zero-order valence-corrected chi connectivity index (χ0v) is 21.8. The van der Waals surface area contributed by atoms with Gasteiger partial charge in [-0.2, -0.15) is 0 Å². The first-order valence-corrected chi connectivity index (χ1v) is 15.6. The summed E-state index contributed by atoms with van der Waals surface area (Å²) in [5.74, 6) is 3.08. The van der Waals surface area contributed by atoms with Gasteiger partial charge >= 0.3 is 0 Å². The minimum atomic E-state index is -1.82. The van der Waals surface area contributed by atoms with E-state index in [9.17, 15) is 5.11 Å². The van der Waals surface area contributed by atoms with E-state index in [0.717, 1.165) is 37.9 Å². The Kier molecular flexibility index (Phi) is 5.93. The highest BCUT2D eigenvalue weighted by Gasteiger charge is 2.60.